The van der Waals surface area contributed by atoms with Crippen LogP contribution in [0.2, 0.25) is 0 Å². The lowest BCUT2D eigenvalue weighted by molar-refractivity contribution is -0.248. The number of ketones is 2. The zero-order valence-corrected chi connectivity index (χ0v) is 25.0. The Morgan fingerprint density at radius 3 is 2.28 bits per heavy atom. The molecule has 5 rings (SSSR count). The molecular formula is C33H45NO5. The Balaban J connectivity index is 1.74. The van der Waals surface area contributed by atoms with E-state index in [2.05, 4.69) is 40.7 Å². The molecule has 2 unspecified atom stereocenters. The summed E-state index contributed by atoms with van der Waals surface area (Å²) in [7, 11) is 0. The van der Waals surface area contributed by atoms with Gasteiger partial charge in [0.25, 0.3) is 0 Å². The van der Waals surface area contributed by atoms with Crippen molar-refractivity contribution < 1.29 is 24.2 Å². The number of hydrogen-bond acceptors (Lipinski definition) is 6. The molecule has 3 fully saturated rings. The highest BCUT2D eigenvalue weighted by Crippen LogP contribution is 2.75. The van der Waals surface area contributed by atoms with Gasteiger partial charge in [-0.2, -0.15) is 5.26 Å². The number of ether oxygens (including phenoxy) is 1. The number of nitrogens with zero attached hydrogens (tertiary/aromatic N) is 1. The fourth-order valence-electron chi connectivity index (χ4n) is 10.3. The topological polar surface area (TPSA) is 104 Å². The van der Waals surface area contributed by atoms with Crippen LogP contribution in [0.15, 0.2) is 23.3 Å². The summed E-state index contributed by atoms with van der Waals surface area (Å²) in [5, 5.41) is 22.8. The average Bonchev–Trinajstić information content (AvgIpc) is 2.85. The van der Waals surface area contributed by atoms with E-state index in [9.17, 15) is 24.8 Å². The second-order valence-electron chi connectivity index (χ2n) is 15.2. The van der Waals surface area contributed by atoms with Gasteiger partial charge in [0, 0.05) is 22.2 Å². The molecule has 39 heavy (non-hydrogen) atoms. The molecule has 0 aromatic rings. The van der Waals surface area contributed by atoms with Gasteiger partial charge in [0.1, 0.15) is 11.7 Å². The minimum atomic E-state index is -1.72. The van der Waals surface area contributed by atoms with E-state index in [-0.39, 0.29) is 41.0 Å². The van der Waals surface area contributed by atoms with Crippen LogP contribution in [0.3, 0.4) is 0 Å². The quantitative estimate of drug-likeness (QED) is 0.443. The number of aliphatic hydroxyl groups is 1. The van der Waals surface area contributed by atoms with E-state index < -0.39 is 38.6 Å². The second-order valence-corrected chi connectivity index (χ2v) is 15.2. The lowest BCUT2D eigenvalue weighted by atomic mass is 9.33. The first-order valence-corrected chi connectivity index (χ1v) is 14.8. The average molecular weight is 536 g/mol. The second kappa shape index (κ2) is 8.15. The summed E-state index contributed by atoms with van der Waals surface area (Å²) in [5.74, 6) is -1.36. The van der Waals surface area contributed by atoms with Crippen LogP contribution < -0.4 is 0 Å². The number of carbonyl (C=O) groups excluding carboxylic acids is 3. The van der Waals surface area contributed by atoms with Gasteiger partial charge in [-0.15, -0.1) is 0 Å². The summed E-state index contributed by atoms with van der Waals surface area (Å²) in [6, 6.07) is 2.13. The number of Topliss-reactive ketones (excluding diaryl/α,β-unsaturated/α-hetero) is 1. The molecule has 0 aromatic heterocycles. The Labute approximate surface area is 233 Å². The van der Waals surface area contributed by atoms with Gasteiger partial charge in [-0.05, 0) is 80.3 Å². The summed E-state index contributed by atoms with van der Waals surface area (Å²) >= 11 is 0. The van der Waals surface area contributed by atoms with E-state index in [1.54, 1.807) is 13.0 Å². The molecule has 1 N–H and O–H groups in total. The van der Waals surface area contributed by atoms with Crippen molar-refractivity contribution >= 4 is 17.5 Å². The molecule has 0 radical (unpaired) electrons. The largest absolute Gasteiger partial charge is 0.466 e. The highest BCUT2D eigenvalue weighted by molar-refractivity contribution is 6.05. The van der Waals surface area contributed by atoms with E-state index in [0.29, 0.717) is 25.7 Å². The molecule has 3 saturated carbocycles. The summed E-state index contributed by atoms with van der Waals surface area (Å²) in [5.41, 5.74) is -4.44. The standard InChI is InChI=1S/C33H45NO5/c1-9-39-26(37)32-14-12-27(2,3)18-23(32)33(38)24(35)16-22-29(6)17-20(19-34)25(36)28(4,5)21(29)10-11-30(22,7)31(33,8)13-15-32/h16-17,21,23,38H,9-15,18H2,1-8H3/t21-,23?,29-,30+,31-,32-,33?/m0/s1. The summed E-state index contributed by atoms with van der Waals surface area (Å²) in [6.07, 6.45) is 8.06. The molecule has 0 heterocycles. The molecule has 6 nitrogen and oxygen atoms in total. The number of hydrogen-bond donors (Lipinski definition) is 1. The van der Waals surface area contributed by atoms with E-state index in [4.69, 9.17) is 4.74 Å². The number of nitriles is 1. The first kappa shape index (κ1) is 28.3. The van der Waals surface area contributed by atoms with Crippen LogP contribution in [-0.4, -0.2) is 34.9 Å². The maximum Gasteiger partial charge on any atom is 0.312 e. The maximum atomic E-state index is 14.5. The van der Waals surface area contributed by atoms with Crippen LogP contribution >= 0.6 is 0 Å². The van der Waals surface area contributed by atoms with Crippen LogP contribution in [0.1, 0.15) is 100 Å². The lowest BCUT2D eigenvalue weighted by Gasteiger charge is -2.71. The molecule has 5 aliphatic carbocycles. The number of allylic oxidation sites excluding steroid dienone is 3. The Morgan fingerprint density at radius 1 is 1.03 bits per heavy atom. The predicted molar refractivity (Wildman–Crippen MR) is 147 cm³/mol. The fraction of sp³-hybridized carbons (Fsp3) is 0.758. The Hall–Kier alpha value is -2.26. The van der Waals surface area contributed by atoms with Crippen LogP contribution in [0.25, 0.3) is 0 Å². The maximum absolute atomic E-state index is 14.5. The van der Waals surface area contributed by atoms with Crippen molar-refractivity contribution in [3.63, 3.8) is 0 Å². The highest BCUT2D eigenvalue weighted by atomic mass is 16.5. The monoisotopic (exact) mass is 535 g/mol. The van der Waals surface area contributed by atoms with Crippen molar-refractivity contribution in [2.75, 3.05) is 6.61 Å². The molecule has 0 spiro atoms. The van der Waals surface area contributed by atoms with Crippen LogP contribution in [0, 0.1) is 55.7 Å². The zero-order chi connectivity index (χ0) is 29.0. The Kier molecular flexibility index (Phi) is 5.91. The summed E-state index contributed by atoms with van der Waals surface area (Å²) in [4.78, 5) is 41.4. The summed E-state index contributed by atoms with van der Waals surface area (Å²) < 4.78 is 5.63. The van der Waals surface area contributed by atoms with Crippen molar-refractivity contribution in [3.8, 4) is 6.07 Å². The Morgan fingerprint density at radius 2 is 1.67 bits per heavy atom. The van der Waals surface area contributed by atoms with Gasteiger partial charge < -0.3 is 9.84 Å². The summed E-state index contributed by atoms with van der Waals surface area (Å²) in [6.45, 7) is 16.5. The van der Waals surface area contributed by atoms with Crippen molar-refractivity contribution in [1.82, 2.24) is 0 Å². The number of rotatable bonds is 2. The molecule has 0 aliphatic heterocycles. The minimum Gasteiger partial charge on any atom is -0.466 e. The molecule has 0 amide bonds. The van der Waals surface area contributed by atoms with Crippen LogP contribution in [0.4, 0.5) is 0 Å². The van der Waals surface area contributed by atoms with Gasteiger partial charge in [-0.1, -0.05) is 54.5 Å². The molecular weight excluding hydrogens is 490 g/mol. The SMILES string of the molecule is CCOC(=O)[C@]12CCC(C)(C)CC1C1(O)C(=O)C=C3[C@@]4(C)C=C(C#N)C(=O)C(C)(C)[C@@H]4CC[C@@]3(C)[C@]1(C)CC2. The van der Waals surface area contributed by atoms with Crippen LogP contribution in [-0.2, 0) is 19.1 Å². The first-order chi connectivity index (χ1) is 17.9. The Bertz CT molecular complexity index is 1270. The van der Waals surface area contributed by atoms with Crippen LogP contribution in [0.5, 0.6) is 0 Å². The molecule has 0 bridgehead atoms. The first-order valence-electron chi connectivity index (χ1n) is 14.8. The zero-order valence-electron chi connectivity index (χ0n) is 25.0. The normalized spacial score (nSPS) is 45.8. The minimum absolute atomic E-state index is 0.0626. The molecule has 5 aliphatic rings. The van der Waals surface area contributed by atoms with E-state index >= 15 is 0 Å². The molecule has 6 heteroatoms. The lowest BCUT2D eigenvalue weighted by Crippen LogP contribution is -2.75. The molecule has 7 atom stereocenters. The predicted octanol–water partition coefficient (Wildman–Crippen LogP) is 5.88. The third-order valence-electron chi connectivity index (χ3n) is 12.7. The van der Waals surface area contributed by atoms with Gasteiger partial charge in [0.2, 0.25) is 0 Å². The smallest absolute Gasteiger partial charge is 0.312 e. The van der Waals surface area contributed by atoms with Gasteiger partial charge in [-0.3, -0.25) is 14.4 Å². The van der Waals surface area contributed by atoms with E-state index in [0.717, 1.165) is 24.8 Å². The molecule has 0 aromatic carbocycles. The molecule has 0 saturated heterocycles. The van der Waals surface area contributed by atoms with Gasteiger partial charge >= 0.3 is 5.97 Å². The highest BCUT2D eigenvalue weighted by Gasteiger charge is 2.77. The third kappa shape index (κ3) is 3.20. The third-order valence-corrected chi connectivity index (χ3v) is 12.7. The van der Waals surface area contributed by atoms with Gasteiger partial charge in [0.15, 0.2) is 11.6 Å². The van der Waals surface area contributed by atoms with Crippen molar-refractivity contribution in [2.24, 2.45) is 44.3 Å². The number of esters is 1. The number of fused-ring (bicyclic) bond motifs is 7. The van der Waals surface area contributed by atoms with E-state index in [1.807, 2.05) is 19.9 Å². The molecule has 212 valence electrons. The van der Waals surface area contributed by atoms with Crippen molar-refractivity contribution in [3.05, 3.63) is 23.3 Å². The van der Waals surface area contributed by atoms with Crippen molar-refractivity contribution in [1.29, 1.82) is 5.26 Å². The van der Waals surface area contributed by atoms with Gasteiger partial charge in [0.05, 0.1) is 17.6 Å². The van der Waals surface area contributed by atoms with Crippen molar-refractivity contribution in [2.45, 2.75) is 106 Å². The number of carbonyl (C=O) groups is 3. The fourth-order valence-corrected chi connectivity index (χ4v) is 10.3. The van der Waals surface area contributed by atoms with E-state index in [1.165, 1.54) is 0 Å². The van der Waals surface area contributed by atoms with Gasteiger partial charge in [-0.25, -0.2) is 0 Å².